The fourth-order valence-electron chi connectivity index (χ4n) is 3.75. The predicted molar refractivity (Wildman–Crippen MR) is 138 cm³/mol. The average Bonchev–Trinajstić information content (AvgIpc) is 3.22. The molecule has 0 radical (unpaired) electrons. The van der Waals surface area contributed by atoms with Crippen molar-refractivity contribution in [3.63, 3.8) is 0 Å². The Hall–Kier alpha value is -2.79. The molecular formula is C24H27ClN3O8P. The first-order valence-corrected chi connectivity index (χ1v) is 13.1. The summed E-state index contributed by atoms with van der Waals surface area (Å²) in [5, 5.41) is 15.2. The van der Waals surface area contributed by atoms with Gasteiger partial charge < -0.3 is 23.6 Å². The fraction of sp³-hybridized carbons (Fsp3) is 0.375. The minimum atomic E-state index is -1.81. The highest BCUT2D eigenvalue weighted by atomic mass is 35.5. The standard InChI is InChI=1S/C24H27ClN3O8P/c1-14(2)34-21(30)11-26-37(36-17-8-7-15-5-3-4-6-16(15)9-17)33-13-18-10-20(29)23(35-18)28-12-19(25)22(31)27-24(28)32/h3-9,12,14,18,20,23,26,29H,10-11,13H2,1-2H3,(H,27,31,32). The molecule has 2 heterocycles. The van der Waals surface area contributed by atoms with Gasteiger partial charge in [0.1, 0.15) is 23.4 Å². The number of carbonyl (C=O) groups excluding carboxylic acids is 1. The van der Waals surface area contributed by atoms with E-state index in [0.717, 1.165) is 21.5 Å². The van der Waals surface area contributed by atoms with E-state index < -0.39 is 44.2 Å². The molecule has 1 saturated heterocycles. The Labute approximate surface area is 218 Å². The molecule has 1 fully saturated rings. The normalized spacial score (nSPS) is 20.3. The highest BCUT2D eigenvalue weighted by Crippen LogP contribution is 2.38. The van der Waals surface area contributed by atoms with Gasteiger partial charge in [-0.15, -0.1) is 0 Å². The summed E-state index contributed by atoms with van der Waals surface area (Å²) in [6.07, 6.45) is -1.70. The minimum absolute atomic E-state index is 0.00902. The fourth-order valence-corrected chi connectivity index (χ4v) is 4.97. The summed E-state index contributed by atoms with van der Waals surface area (Å²) in [5.74, 6) is 0.0735. The number of H-pyrrole nitrogens is 1. The van der Waals surface area contributed by atoms with Crippen molar-refractivity contribution in [1.82, 2.24) is 14.6 Å². The first-order valence-electron chi connectivity index (χ1n) is 11.6. The maximum absolute atomic E-state index is 12.2. The van der Waals surface area contributed by atoms with Gasteiger partial charge in [0.15, 0.2) is 6.23 Å². The van der Waals surface area contributed by atoms with Crippen LogP contribution in [-0.2, 0) is 18.8 Å². The van der Waals surface area contributed by atoms with Gasteiger partial charge in [-0.1, -0.05) is 41.9 Å². The third-order valence-electron chi connectivity index (χ3n) is 5.37. The van der Waals surface area contributed by atoms with E-state index in [2.05, 4.69) is 10.1 Å². The van der Waals surface area contributed by atoms with Gasteiger partial charge in [0.25, 0.3) is 5.56 Å². The van der Waals surface area contributed by atoms with Crippen molar-refractivity contribution >= 4 is 36.9 Å². The zero-order valence-electron chi connectivity index (χ0n) is 20.1. The minimum Gasteiger partial charge on any atom is -0.462 e. The molecule has 4 unspecified atom stereocenters. The topological polar surface area (TPSA) is 141 Å². The molecule has 0 saturated carbocycles. The van der Waals surface area contributed by atoms with Crippen molar-refractivity contribution in [3.05, 3.63) is 74.5 Å². The third-order valence-corrected chi connectivity index (χ3v) is 6.82. The van der Waals surface area contributed by atoms with Crippen LogP contribution >= 0.6 is 20.1 Å². The summed E-state index contributed by atoms with van der Waals surface area (Å²) < 4.78 is 23.9. The molecule has 13 heteroatoms. The number of aliphatic hydroxyl groups is 1. The monoisotopic (exact) mass is 551 g/mol. The van der Waals surface area contributed by atoms with E-state index in [1.165, 1.54) is 0 Å². The van der Waals surface area contributed by atoms with Crippen LogP contribution in [0.3, 0.4) is 0 Å². The molecule has 3 N–H and O–H groups in total. The number of carbonyl (C=O) groups is 1. The molecule has 11 nitrogen and oxygen atoms in total. The Morgan fingerprint density at radius 1 is 1.27 bits per heavy atom. The number of nitrogens with zero attached hydrogens (tertiary/aromatic N) is 1. The number of aromatic nitrogens is 2. The van der Waals surface area contributed by atoms with Crippen molar-refractivity contribution in [2.45, 2.75) is 44.8 Å². The molecule has 4 atom stereocenters. The van der Waals surface area contributed by atoms with Crippen LogP contribution in [0.2, 0.25) is 5.02 Å². The van der Waals surface area contributed by atoms with E-state index in [-0.39, 0.29) is 30.7 Å². The van der Waals surface area contributed by atoms with Crippen LogP contribution in [0.4, 0.5) is 0 Å². The molecule has 0 amide bonds. The van der Waals surface area contributed by atoms with Crippen LogP contribution < -0.4 is 20.9 Å². The van der Waals surface area contributed by atoms with Crippen molar-refractivity contribution in [2.75, 3.05) is 13.2 Å². The Morgan fingerprint density at radius 3 is 2.78 bits per heavy atom. The number of benzene rings is 2. The van der Waals surface area contributed by atoms with Crippen LogP contribution in [-0.4, -0.2) is 52.1 Å². The zero-order chi connectivity index (χ0) is 26.5. The van der Waals surface area contributed by atoms with E-state index in [4.69, 9.17) is 30.1 Å². The van der Waals surface area contributed by atoms with Gasteiger partial charge in [0.05, 0.1) is 18.8 Å². The molecule has 0 spiro atoms. The van der Waals surface area contributed by atoms with Crippen molar-refractivity contribution < 1.29 is 28.4 Å². The quantitative estimate of drug-likeness (QED) is 0.256. The van der Waals surface area contributed by atoms with Crippen molar-refractivity contribution in [1.29, 1.82) is 0 Å². The second-order valence-corrected chi connectivity index (χ2v) is 10.3. The van der Waals surface area contributed by atoms with Gasteiger partial charge in [-0.25, -0.2) is 9.88 Å². The highest BCUT2D eigenvalue weighted by Gasteiger charge is 2.37. The van der Waals surface area contributed by atoms with Gasteiger partial charge in [-0.05, 0) is 36.8 Å². The Balaban J connectivity index is 1.43. The molecule has 198 valence electrons. The predicted octanol–water partition coefficient (Wildman–Crippen LogP) is 2.86. The highest BCUT2D eigenvalue weighted by molar-refractivity contribution is 7.45. The Kier molecular flexibility index (Phi) is 8.96. The number of nitrogens with one attached hydrogen (secondary N) is 2. The van der Waals surface area contributed by atoms with Crippen molar-refractivity contribution in [3.8, 4) is 5.75 Å². The largest absolute Gasteiger partial charge is 0.462 e. The van der Waals surface area contributed by atoms with E-state index >= 15 is 0 Å². The number of halogens is 1. The molecule has 1 aliphatic heterocycles. The van der Waals surface area contributed by atoms with Crippen LogP contribution in [0.5, 0.6) is 5.75 Å². The number of fused-ring (bicyclic) bond motifs is 1. The van der Waals surface area contributed by atoms with Gasteiger partial charge in [-0.2, -0.15) is 0 Å². The second-order valence-electron chi connectivity index (χ2n) is 8.62. The van der Waals surface area contributed by atoms with Crippen molar-refractivity contribution in [2.24, 2.45) is 0 Å². The summed E-state index contributed by atoms with van der Waals surface area (Å²) in [6, 6.07) is 13.4. The SMILES string of the molecule is CC(C)OC(=O)CNP(OCC1CC(O)C(n2cc(Cl)c(=O)[nH]c2=O)O1)Oc1ccc2ccccc2c1. The summed E-state index contributed by atoms with van der Waals surface area (Å²) in [7, 11) is -1.81. The number of hydrogen-bond acceptors (Lipinski definition) is 9. The lowest BCUT2D eigenvalue weighted by Crippen LogP contribution is -2.35. The maximum Gasteiger partial charge on any atom is 0.330 e. The van der Waals surface area contributed by atoms with E-state index in [0.29, 0.717) is 5.75 Å². The number of rotatable bonds is 10. The number of ether oxygens (including phenoxy) is 2. The number of aromatic amines is 1. The van der Waals surface area contributed by atoms with Gasteiger partial charge in [-0.3, -0.25) is 19.1 Å². The van der Waals surface area contributed by atoms with Crippen LogP contribution in [0.15, 0.2) is 58.3 Å². The molecule has 37 heavy (non-hydrogen) atoms. The Bertz CT molecular complexity index is 1360. The molecule has 0 aliphatic carbocycles. The van der Waals surface area contributed by atoms with Crippen LogP contribution in [0.25, 0.3) is 10.8 Å². The smallest absolute Gasteiger partial charge is 0.330 e. The van der Waals surface area contributed by atoms with E-state index in [1.54, 1.807) is 19.9 Å². The summed E-state index contributed by atoms with van der Waals surface area (Å²) in [5.41, 5.74) is -1.49. The van der Waals surface area contributed by atoms with Gasteiger partial charge in [0, 0.05) is 12.6 Å². The lowest BCUT2D eigenvalue weighted by molar-refractivity contribution is -0.145. The molecule has 3 aromatic rings. The molecule has 1 aromatic heterocycles. The summed E-state index contributed by atoms with van der Waals surface area (Å²) in [6.45, 7) is 3.36. The summed E-state index contributed by atoms with van der Waals surface area (Å²) >= 11 is 5.83. The lowest BCUT2D eigenvalue weighted by atomic mass is 10.1. The molecule has 2 aromatic carbocycles. The first-order chi connectivity index (χ1) is 17.7. The number of hydrogen-bond donors (Lipinski definition) is 3. The average molecular weight is 552 g/mol. The molecule has 0 bridgehead atoms. The zero-order valence-corrected chi connectivity index (χ0v) is 21.8. The van der Waals surface area contributed by atoms with E-state index in [9.17, 15) is 19.5 Å². The molecule has 4 rings (SSSR count). The Morgan fingerprint density at radius 2 is 2.03 bits per heavy atom. The van der Waals surface area contributed by atoms with Gasteiger partial charge >= 0.3 is 20.2 Å². The van der Waals surface area contributed by atoms with E-state index in [1.807, 2.05) is 36.4 Å². The number of aliphatic hydroxyl groups excluding tert-OH is 1. The number of esters is 1. The lowest BCUT2D eigenvalue weighted by Gasteiger charge is -2.21. The summed E-state index contributed by atoms with van der Waals surface area (Å²) in [4.78, 5) is 37.9. The molecule has 1 aliphatic rings. The third kappa shape index (κ3) is 7.16. The van der Waals surface area contributed by atoms with Crippen LogP contribution in [0, 0.1) is 0 Å². The van der Waals surface area contributed by atoms with Gasteiger partial charge in [0.2, 0.25) is 0 Å². The second kappa shape index (κ2) is 12.2. The maximum atomic E-state index is 12.2. The van der Waals surface area contributed by atoms with Crippen LogP contribution in [0.1, 0.15) is 26.5 Å². The molecular weight excluding hydrogens is 525 g/mol. The first kappa shape index (κ1) is 27.3.